The van der Waals surface area contributed by atoms with Gasteiger partial charge in [0.1, 0.15) is 5.75 Å². The van der Waals surface area contributed by atoms with E-state index >= 15 is 0 Å². The molecule has 0 radical (unpaired) electrons. The Kier molecular flexibility index (Phi) is 9.52. The fraction of sp³-hybridized carbons (Fsp3) is 0.556. The summed E-state index contributed by atoms with van der Waals surface area (Å²) < 4.78 is 0. The standard InChI is InChI=1S/C18H27NO4/c20-16-12-9-8-11-15(16)18(23)19-14-10-6-4-2-1-3-5-7-13-17(21)22/h8-9,11-12,20H,1-7,10,13-14H2,(H,19,23)(H,21,22). The second-order valence-electron chi connectivity index (χ2n) is 5.75. The van der Waals surface area contributed by atoms with Gasteiger partial charge >= 0.3 is 5.97 Å². The van der Waals surface area contributed by atoms with Crippen molar-refractivity contribution in [3.63, 3.8) is 0 Å². The van der Waals surface area contributed by atoms with Crippen molar-refractivity contribution in [2.45, 2.75) is 57.8 Å². The lowest BCUT2D eigenvalue weighted by Gasteiger charge is -2.06. The predicted octanol–water partition coefficient (Wildman–Crippen LogP) is 3.72. The van der Waals surface area contributed by atoms with Gasteiger partial charge in [-0.2, -0.15) is 0 Å². The van der Waals surface area contributed by atoms with Crippen LogP contribution in [0.1, 0.15) is 68.1 Å². The number of carbonyl (C=O) groups is 2. The Hall–Kier alpha value is -2.04. The fourth-order valence-electron chi connectivity index (χ4n) is 2.42. The summed E-state index contributed by atoms with van der Waals surface area (Å²) in [4.78, 5) is 22.2. The molecule has 0 heterocycles. The third-order valence-electron chi connectivity index (χ3n) is 3.75. The van der Waals surface area contributed by atoms with E-state index in [9.17, 15) is 14.7 Å². The average molecular weight is 321 g/mol. The van der Waals surface area contributed by atoms with Crippen LogP contribution < -0.4 is 5.32 Å². The van der Waals surface area contributed by atoms with Crippen LogP contribution in [0, 0.1) is 0 Å². The normalized spacial score (nSPS) is 10.4. The lowest BCUT2D eigenvalue weighted by molar-refractivity contribution is -0.137. The molecule has 1 rings (SSSR count). The first-order valence-electron chi connectivity index (χ1n) is 8.39. The van der Waals surface area contributed by atoms with Crippen LogP contribution in [0.5, 0.6) is 5.75 Å². The third-order valence-corrected chi connectivity index (χ3v) is 3.75. The van der Waals surface area contributed by atoms with Gasteiger partial charge in [-0.05, 0) is 25.0 Å². The van der Waals surface area contributed by atoms with Gasteiger partial charge in [0.25, 0.3) is 5.91 Å². The molecular formula is C18H27NO4. The molecule has 0 aromatic heterocycles. The molecule has 23 heavy (non-hydrogen) atoms. The molecule has 0 aliphatic heterocycles. The molecule has 0 saturated heterocycles. The summed E-state index contributed by atoms with van der Waals surface area (Å²) >= 11 is 0. The van der Waals surface area contributed by atoms with Crippen LogP contribution in [0.2, 0.25) is 0 Å². The van der Waals surface area contributed by atoms with E-state index in [4.69, 9.17) is 5.11 Å². The molecule has 0 aliphatic carbocycles. The van der Waals surface area contributed by atoms with Crippen LogP contribution >= 0.6 is 0 Å². The third kappa shape index (κ3) is 8.86. The first-order chi connectivity index (χ1) is 11.1. The molecule has 0 atom stereocenters. The number of carbonyl (C=O) groups excluding carboxylic acids is 1. The molecule has 1 aromatic rings. The number of carboxylic acid groups (broad SMARTS) is 1. The largest absolute Gasteiger partial charge is 0.507 e. The number of nitrogens with one attached hydrogen (secondary N) is 1. The number of phenolic OH excluding ortho intramolecular Hbond substituents is 1. The lowest BCUT2D eigenvalue weighted by atomic mass is 10.1. The van der Waals surface area contributed by atoms with Crippen molar-refractivity contribution >= 4 is 11.9 Å². The van der Waals surface area contributed by atoms with Crippen LogP contribution in [0.4, 0.5) is 0 Å². The van der Waals surface area contributed by atoms with Gasteiger partial charge in [0, 0.05) is 13.0 Å². The lowest BCUT2D eigenvalue weighted by Crippen LogP contribution is -2.24. The van der Waals surface area contributed by atoms with Gasteiger partial charge in [-0.3, -0.25) is 9.59 Å². The highest BCUT2D eigenvalue weighted by Crippen LogP contribution is 2.15. The number of rotatable bonds is 12. The number of hydrogen-bond donors (Lipinski definition) is 3. The Bertz CT molecular complexity index is 488. The van der Waals surface area contributed by atoms with Gasteiger partial charge in [-0.1, -0.05) is 50.7 Å². The summed E-state index contributed by atoms with van der Waals surface area (Å²) in [5.41, 5.74) is 0.314. The minimum absolute atomic E-state index is 0.00731. The van der Waals surface area contributed by atoms with Crippen molar-refractivity contribution < 1.29 is 19.8 Å². The van der Waals surface area contributed by atoms with Crippen molar-refractivity contribution in [1.29, 1.82) is 0 Å². The molecule has 0 aliphatic rings. The van der Waals surface area contributed by atoms with E-state index in [0.717, 1.165) is 51.4 Å². The number of para-hydroxylation sites is 1. The van der Waals surface area contributed by atoms with E-state index in [1.165, 1.54) is 6.07 Å². The van der Waals surface area contributed by atoms with Crippen LogP contribution in [-0.2, 0) is 4.79 Å². The van der Waals surface area contributed by atoms with Gasteiger partial charge in [-0.25, -0.2) is 0 Å². The summed E-state index contributed by atoms with van der Waals surface area (Å²) in [5.74, 6) is -0.940. The van der Waals surface area contributed by atoms with E-state index < -0.39 is 5.97 Å². The zero-order valence-corrected chi connectivity index (χ0v) is 13.6. The maximum Gasteiger partial charge on any atom is 0.303 e. The second kappa shape index (κ2) is 11.5. The molecule has 0 unspecified atom stereocenters. The van der Waals surface area contributed by atoms with Crippen LogP contribution in [0.3, 0.4) is 0 Å². The average Bonchev–Trinajstić information content (AvgIpc) is 2.52. The number of amides is 1. The number of hydrogen-bond acceptors (Lipinski definition) is 3. The van der Waals surface area contributed by atoms with E-state index in [2.05, 4.69) is 5.32 Å². The van der Waals surface area contributed by atoms with Crippen LogP contribution in [0.25, 0.3) is 0 Å². The Morgan fingerprint density at radius 1 is 0.870 bits per heavy atom. The minimum atomic E-state index is -0.712. The van der Waals surface area contributed by atoms with E-state index in [1.807, 2.05) is 0 Å². The predicted molar refractivity (Wildman–Crippen MR) is 89.6 cm³/mol. The first-order valence-corrected chi connectivity index (χ1v) is 8.39. The molecule has 128 valence electrons. The van der Waals surface area contributed by atoms with Crippen LogP contribution in [-0.4, -0.2) is 28.6 Å². The van der Waals surface area contributed by atoms with Crippen LogP contribution in [0.15, 0.2) is 24.3 Å². The molecule has 1 aromatic carbocycles. The molecule has 1 amide bonds. The van der Waals surface area contributed by atoms with Crippen molar-refractivity contribution in [2.75, 3.05) is 6.54 Å². The summed E-state index contributed by atoms with van der Waals surface area (Å²) in [7, 11) is 0. The maximum absolute atomic E-state index is 11.8. The quantitative estimate of drug-likeness (QED) is 0.512. The van der Waals surface area contributed by atoms with Crippen molar-refractivity contribution in [2.24, 2.45) is 0 Å². The summed E-state index contributed by atoms with van der Waals surface area (Å²) in [6, 6.07) is 6.53. The van der Waals surface area contributed by atoms with Crippen molar-refractivity contribution in [3.8, 4) is 5.75 Å². The molecule has 5 heteroatoms. The number of aliphatic carboxylic acids is 1. The molecule has 5 nitrogen and oxygen atoms in total. The van der Waals surface area contributed by atoms with Crippen molar-refractivity contribution in [3.05, 3.63) is 29.8 Å². The Morgan fingerprint density at radius 3 is 2.04 bits per heavy atom. The molecular weight excluding hydrogens is 294 g/mol. The first kappa shape index (κ1) is 19.0. The Balaban J connectivity index is 1.95. The topological polar surface area (TPSA) is 86.6 Å². The highest BCUT2D eigenvalue weighted by atomic mass is 16.4. The van der Waals surface area contributed by atoms with Gasteiger partial charge in [-0.15, -0.1) is 0 Å². The minimum Gasteiger partial charge on any atom is -0.507 e. The Labute approximate surface area is 137 Å². The van der Waals surface area contributed by atoms with E-state index in [0.29, 0.717) is 12.1 Å². The summed E-state index contributed by atoms with van der Waals surface area (Å²) in [6.07, 6.45) is 8.55. The Morgan fingerprint density at radius 2 is 1.43 bits per heavy atom. The summed E-state index contributed by atoms with van der Waals surface area (Å²) in [5, 5.41) is 20.9. The highest BCUT2D eigenvalue weighted by molar-refractivity contribution is 5.96. The molecule has 3 N–H and O–H groups in total. The monoisotopic (exact) mass is 321 g/mol. The van der Waals surface area contributed by atoms with Crippen molar-refractivity contribution in [1.82, 2.24) is 5.32 Å². The number of unbranched alkanes of at least 4 members (excludes halogenated alkanes) is 7. The molecule has 0 saturated carbocycles. The van der Waals surface area contributed by atoms with Gasteiger partial charge in [0.15, 0.2) is 0 Å². The molecule has 0 spiro atoms. The SMILES string of the molecule is O=C(O)CCCCCCCCCCNC(=O)c1ccccc1O. The maximum atomic E-state index is 11.8. The van der Waals surface area contributed by atoms with E-state index in [1.54, 1.807) is 18.2 Å². The summed E-state index contributed by atoms with van der Waals surface area (Å²) in [6.45, 7) is 0.617. The number of aromatic hydroxyl groups is 1. The van der Waals surface area contributed by atoms with Gasteiger partial charge < -0.3 is 15.5 Å². The zero-order valence-electron chi connectivity index (χ0n) is 13.6. The molecule has 0 bridgehead atoms. The molecule has 0 fully saturated rings. The number of phenols is 1. The highest BCUT2D eigenvalue weighted by Gasteiger charge is 2.08. The van der Waals surface area contributed by atoms with E-state index in [-0.39, 0.29) is 18.1 Å². The smallest absolute Gasteiger partial charge is 0.303 e. The number of carboxylic acids is 1. The number of benzene rings is 1. The zero-order chi connectivity index (χ0) is 16.9. The van der Waals surface area contributed by atoms with Gasteiger partial charge in [0.05, 0.1) is 5.56 Å². The second-order valence-corrected chi connectivity index (χ2v) is 5.75. The van der Waals surface area contributed by atoms with Gasteiger partial charge in [0.2, 0.25) is 0 Å². The fourth-order valence-corrected chi connectivity index (χ4v) is 2.42.